The first kappa shape index (κ1) is 20.7. The van der Waals surface area contributed by atoms with Gasteiger partial charge in [0, 0.05) is 24.6 Å². The van der Waals surface area contributed by atoms with Crippen molar-refractivity contribution in [2.24, 2.45) is 5.41 Å². The third-order valence-corrected chi connectivity index (χ3v) is 5.01. The molecule has 0 fully saturated rings. The molecule has 0 spiro atoms. The first-order valence-corrected chi connectivity index (χ1v) is 9.36. The second kappa shape index (κ2) is 9.82. The summed E-state index contributed by atoms with van der Waals surface area (Å²) < 4.78 is 5.25. The van der Waals surface area contributed by atoms with Gasteiger partial charge in [0.1, 0.15) is 5.76 Å². The van der Waals surface area contributed by atoms with Gasteiger partial charge in [-0.15, -0.1) is 0 Å². The fourth-order valence-electron chi connectivity index (χ4n) is 3.06. The minimum absolute atomic E-state index is 0.0172. The standard InChI is InChI=1S/C19H35N3O2/c1-7-10-12-20-13-19(6,11-8-2)15(5)21-18(23)17-14(4)16(9-3)24-22-17/h15,20H,7-13H2,1-6H3,(H,21,23). The van der Waals surface area contributed by atoms with Gasteiger partial charge in [-0.3, -0.25) is 4.79 Å². The van der Waals surface area contributed by atoms with E-state index in [2.05, 4.69) is 43.5 Å². The lowest BCUT2D eigenvalue weighted by molar-refractivity contribution is 0.0877. The van der Waals surface area contributed by atoms with Gasteiger partial charge in [-0.25, -0.2) is 0 Å². The number of carbonyl (C=O) groups is 1. The summed E-state index contributed by atoms with van der Waals surface area (Å²) in [6.45, 7) is 14.5. The number of hydrogen-bond acceptors (Lipinski definition) is 4. The Morgan fingerprint density at radius 3 is 2.54 bits per heavy atom. The number of aromatic nitrogens is 1. The number of amides is 1. The maximum absolute atomic E-state index is 12.6. The monoisotopic (exact) mass is 337 g/mol. The lowest BCUT2D eigenvalue weighted by Crippen LogP contribution is -2.49. The highest BCUT2D eigenvalue weighted by Gasteiger charge is 2.32. The molecular formula is C19H35N3O2. The van der Waals surface area contributed by atoms with E-state index in [-0.39, 0.29) is 17.4 Å². The SMILES string of the molecule is CCCCNCC(C)(CCC)C(C)NC(=O)c1noc(CC)c1C. The Morgan fingerprint density at radius 1 is 1.29 bits per heavy atom. The molecule has 0 radical (unpaired) electrons. The Balaban J connectivity index is 2.73. The van der Waals surface area contributed by atoms with Gasteiger partial charge >= 0.3 is 0 Å². The van der Waals surface area contributed by atoms with Crippen LogP contribution >= 0.6 is 0 Å². The molecule has 0 aliphatic heterocycles. The zero-order valence-electron chi connectivity index (χ0n) is 16.3. The van der Waals surface area contributed by atoms with Crippen molar-refractivity contribution in [3.63, 3.8) is 0 Å². The molecule has 0 bridgehead atoms. The Bertz CT molecular complexity index is 513. The van der Waals surface area contributed by atoms with Crippen molar-refractivity contribution in [3.8, 4) is 0 Å². The number of aryl methyl sites for hydroxylation is 1. The van der Waals surface area contributed by atoms with Crippen LogP contribution in [0.25, 0.3) is 0 Å². The average Bonchev–Trinajstić information content (AvgIpc) is 2.92. The molecule has 138 valence electrons. The third-order valence-electron chi connectivity index (χ3n) is 5.01. The van der Waals surface area contributed by atoms with Crippen LogP contribution in [0.1, 0.15) is 82.1 Å². The van der Waals surface area contributed by atoms with Crippen molar-refractivity contribution in [3.05, 3.63) is 17.0 Å². The minimum atomic E-state index is -0.140. The second-order valence-electron chi connectivity index (χ2n) is 7.06. The predicted octanol–water partition coefficient (Wildman–Crippen LogP) is 3.86. The van der Waals surface area contributed by atoms with Gasteiger partial charge in [-0.05, 0) is 38.6 Å². The molecule has 1 aromatic heterocycles. The first-order chi connectivity index (χ1) is 11.4. The van der Waals surface area contributed by atoms with Crippen LogP contribution in [-0.4, -0.2) is 30.2 Å². The molecule has 2 atom stereocenters. The molecule has 0 aromatic carbocycles. The van der Waals surface area contributed by atoms with Gasteiger partial charge in [-0.2, -0.15) is 0 Å². The van der Waals surface area contributed by atoms with Crippen LogP contribution < -0.4 is 10.6 Å². The number of nitrogens with zero attached hydrogens (tertiary/aromatic N) is 1. The van der Waals surface area contributed by atoms with Crippen LogP contribution in [-0.2, 0) is 6.42 Å². The normalized spacial score (nSPS) is 15.1. The van der Waals surface area contributed by atoms with Crippen molar-refractivity contribution in [1.82, 2.24) is 15.8 Å². The average molecular weight is 338 g/mol. The highest BCUT2D eigenvalue weighted by molar-refractivity contribution is 5.93. The van der Waals surface area contributed by atoms with E-state index in [9.17, 15) is 4.79 Å². The molecule has 24 heavy (non-hydrogen) atoms. The molecular weight excluding hydrogens is 302 g/mol. The van der Waals surface area contributed by atoms with Gasteiger partial charge in [-0.1, -0.05) is 45.7 Å². The van der Waals surface area contributed by atoms with Gasteiger partial charge in [0.25, 0.3) is 5.91 Å². The molecule has 0 aliphatic carbocycles. The molecule has 5 nitrogen and oxygen atoms in total. The quantitative estimate of drug-likeness (QED) is 0.602. The van der Waals surface area contributed by atoms with E-state index >= 15 is 0 Å². The molecule has 1 rings (SSSR count). The van der Waals surface area contributed by atoms with Gasteiger partial charge in [0.15, 0.2) is 5.69 Å². The Morgan fingerprint density at radius 2 is 2.00 bits per heavy atom. The fraction of sp³-hybridized carbons (Fsp3) is 0.789. The van der Waals surface area contributed by atoms with Crippen molar-refractivity contribution in [1.29, 1.82) is 0 Å². The van der Waals surface area contributed by atoms with Gasteiger partial charge in [0.05, 0.1) is 0 Å². The molecule has 1 amide bonds. The summed E-state index contributed by atoms with van der Waals surface area (Å²) in [5.74, 6) is 0.643. The van der Waals surface area contributed by atoms with Gasteiger partial charge in [0.2, 0.25) is 0 Å². The van der Waals surface area contributed by atoms with E-state index in [1.54, 1.807) is 0 Å². The van der Waals surface area contributed by atoms with Crippen molar-refractivity contribution >= 4 is 5.91 Å². The van der Waals surface area contributed by atoms with E-state index in [0.29, 0.717) is 5.69 Å². The minimum Gasteiger partial charge on any atom is -0.360 e. The number of carbonyl (C=O) groups excluding carboxylic acids is 1. The Hall–Kier alpha value is -1.36. The van der Waals surface area contributed by atoms with E-state index < -0.39 is 0 Å². The fourth-order valence-corrected chi connectivity index (χ4v) is 3.06. The number of nitrogens with one attached hydrogen (secondary N) is 2. The zero-order chi connectivity index (χ0) is 18.2. The third kappa shape index (κ3) is 5.33. The summed E-state index contributed by atoms with van der Waals surface area (Å²) >= 11 is 0. The van der Waals surface area contributed by atoms with E-state index in [1.165, 1.54) is 12.8 Å². The van der Waals surface area contributed by atoms with Crippen molar-refractivity contribution < 1.29 is 9.32 Å². The maximum Gasteiger partial charge on any atom is 0.273 e. The molecule has 0 saturated heterocycles. The summed E-state index contributed by atoms with van der Waals surface area (Å²) in [5, 5.41) is 10.6. The van der Waals surface area contributed by atoms with E-state index in [4.69, 9.17) is 4.52 Å². The Kier molecular flexibility index (Phi) is 8.46. The van der Waals surface area contributed by atoms with Crippen molar-refractivity contribution in [2.45, 2.75) is 79.7 Å². The van der Waals surface area contributed by atoms with Crippen LogP contribution in [0, 0.1) is 12.3 Å². The first-order valence-electron chi connectivity index (χ1n) is 9.36. The van der Waals surface area contributed by atoms with E-state index in [0.717, 1.165) is 43.7 Å². The summed E-state index contributed by atoms with van der Waals surface area (Å²) in [6.07, 6.45) is 5.27. The lowest BCUT2D eigenvalue weighted by Gasteiger charge is -2.36. The van der Waals surface area contributed by atoms with Gasteiger partial charge < -0.3 is 15.2 Å². The summed E-state index contributed by atoms with van der Waals surface area (Å²) in [5.41, 5.74) is 1.28. The highest BCUT2D eigenvalue weighted by Crippen LogP contribution is 2.27. The van der Waals surface area contributed by atoms with Crippen LogP contribution in [0.2, 0.25) is 0 Å². The molecule has 2 N–H and O–H groups in total. The zero-order valence-corrected chi connectivity index (χ0v) is 16.3. The van der Waals surface area contributed by atoms with E-state index in [1.807, 2.05) is 13.8 Å². The molecule has 0 saturated carbocycles. The topological polar surface area (TPSA) is 67.2 Å². The number of rotatable bonds is 11. The Labute approximate surface area is 146 Å². The second-order valence-corrected chi connectivity index (χ2v) is 7.06. The predicted molar refractivity (Wildman–Crippen MR) is 98.3 cm³/mol. The summed E-state index contributed by atoms with van der Waals surface area (Å²) in [4.78, 5) is 12.6. The van der Waals surface area contributed by atoms with Crippen LogP contribution in [0.4, 0.5) is 0 Å². The summed E-state index contributed by atoms with van der Waals surface area (Å²) in [7, 11) is 0. The molecule has 5 heteroatoms. The van der Waals surface area contributed by atoms with Crippen LogP contribution in [0.5, 0.6) is 0 Å². The smallest absolute Gasteiger partial charge is 0.273 e. The summed E-state index contributed by atoms with van der Waals surface area (Å²) in [6, 6.07) is 0.0558. The highest BCUT2D eigenvalue weighted by atomic mass is 16.5. The molecule has 0 aliphatic rings. The molecule has 1 heterocycles. The van der Waals surface area contributed by atoms with Crippen LogP contribution in [0.15, 0.2) is 4.52 Å². The molecule has 2 unspecified atom stereocenters. The number of hydrogen-bond donors (Lipinski definition) is 2. The van der Waals surface area contributed by atoms with Crippen LogP contribution in [0.3, 0.4) is 0 Å². The maximum atomic E-state index is 12.6. The number of unbranched alkanes of at least 4 members (excludes halogenated alkanes) is 1. The molecule has 1 aromatic rings. The van der Waals surface area contributed by atoms with Crippen molar-refractivity contribution in [2.75, 3.05) is 13.1 Å². The largest absolute Gasteiger partial charge is 0.360 e. The lowest BCUT2D eigenvalue weighted by atomic mass is 9.78.